The van der Waals surface area contributed by atoms with Crippen LogP contribution in [0, 0.1) is 17.6 Å². The van der Waals surface area contributed by atoms with Gasteiger partial charge in [0.1, 0.15) is 17.4 Å². The van der Waals surface area contributed by atoms with Crippen LogP contribution in [-0.2, 0) is 20.7 Å². The number of hydrogen-bond acceptors (Lipinski definition) is 7. The molecule has 0 bridgehead atoms. The Hall–Kier alpha value is -3.83. The summed E-state index contributed by atoms with van der Waals surface area (Å²) in [5, 5.41) is 13.5. The molecule has 0 aliphatic heterocycles. The number of anilines is 1. The number of carbonyl (C=O) groups excluding carboxylic acids is 1. The Balaban J connectivity index is 1.45. The third-order valence-corrected chi connectivity index (χ3v) is 6.89. The van der Waals surface area contributed by atoms with Crippen LogP contribution in [0.25, 0.3) is 17.3 Å². The third kappa shape index (κ3) is 7.18. The third-order valence-electron chi connectivity index (χ3n) is 6.13. The molecule has 1 aliphatic carbocycles. The molecule has 0 saturated heterocycles. The molecular formula is C28H28F2N2O6S. The van der Waals surface area contributed by atoms with Crippen molar-refractivity contribution in [3.05, 3.63) is 69.8 Å². The Labute approximate surface area is 228 Å². The largest absolute Gasteiger partial charge is 0.496 e. The lowest BCUT2D eigenvalue weighted by Crippen LogP contribution is -2.13. The number of aliphatic carboxylic acids is 1. The van der Waals surface area contributed by atoms with E-state index in [1.165, 1.54) is 12.8 Å². The summed E-state index contributed by atoms with van der Waals surface area (Å²) in [4.78, 5) is 28.2. The highest BCUT2D eigenvalue weighted by Crippen LogP contribution is 2.35. The fourth-order valence-corrected chi connectivity index (χ4v) is 4.65. The number of carboxylic acid groups (broad SMARTS) is 1. The van der Waals surface area contributed by atoms with E-state index in [9.17, 15) is 18.4 Å². The Morgan fingerprint density at radius 2 is 1.95 bits per heavy atom. The molecule has 4 rings (SSSR count). The van der Waals surface area contributed by atoms with Crippen LogP contribution in [0.5, 0.6) is 5.75 Å². The van der Waals surface area contributed by atoms with Gasteiger partial charge in [0.05, 0.1) is 19.9 Å². The standard InChI is InChI=1S/C28H28F2N2O6S/c1-36-24(27(34)35)13-20-21(29)11-18(12-22(20)30)26(33)32-28-31-23(15-39-28)19-7-3-5-17(25(19)37-2)6-4-10-38-14-16-8-9-16/h3,5,7,11-13,15-16H,4,6,8-10,14H2,1-2H3,(H,34,35)(H,31,32,33)/b24-13+. The molecule has 1 aliphatic rings. The molecule has 0 spiro atoms. The molecular weight excluding hydrogens is 530 g/mol. The maximum Gasteiger partial charge on any atom is 0.371 e. The van der Waals surface area contributed by atoms with Gasteiger partial charge in [0.2, 0.25) is 5.76 Å². The molecule has 0 unspecified atom stereocenters. The fraction of sp³-hybridized carbons (Fsp3) is 0.321. The van der Waals surface area contributed by atoms with E-state index in [2.05, 4.69) is 15.0 Å². The topological polar surface area (TPSA) is 107 Å². The number of ether oxygens (including phenoxy) is 3. The summed E-state index contributed by atoms with van der Waals surface area (Å²) in [5.41, 5.74) is 1.42. The van der Waals surface area contributed by atoms with Gasteiger partial charge in [0.15, 0.2) is 5.13 Å². The zero-order valence-corrected chi connectivity index (χ0v) is 22.3. The van der Waals surface area contributed by atoms with Crippen molar-refractivity contribution in [1.82, 2.24) is 4.98 Å². The van der Waals surface area contributed by atoms with Gasteiger partial charge in [-0.25, -0.2) is 18.6 Å². The lowest BCUT2D eigenvalue weighted by Gasteiger charge is -2.12. The van der Waals surface area contributed by atoms with Crippen LogP contribution in [0.15, 0.2) is 41.5 Å². The first-order valence-electron chi connectivity index (χ1n) is 12.3. The Bertz CT molecular complexity index is 1360. The second-order valence-corrected chi connectivity index (χ2v) is 9.84. The van der Waals surface area contributed by atoms with Gasteiger partial charge >= 0.3 is 5.97 Å². The van der Waals surface area contributed by atoms with E-state index in [0.29, 0.717) is 24.1 Å². The van der Waals surface area contributed by atoms with Crippen molar-refractivity contribution in [2.24, 2.45) is 5.92 Å². The zero-order valence-electron chi connectivity index (χ0n) is 21.5. The van der Waals surface area contributed by atoms with E-state index >= 15 is 0 Å². The summed E-state index contributed by atoms with van der Waals surface area (Å²) in [6, 6.07) is 7.40. The number of para-hydroxylation sites is 1. The van der Waals surface area contributed by atoms with E-state index in [1.54, 1.807) is 12.5 Å². The van der Waals surface area contributed by atoms with Crippen molar-refractivity contribution in [2.45, 2.75) is 25.7 Å². The minimum atomic E-state index is -1.49. The van der Waals surface area contributed by atoms with Crippen LogP contribution in [0.2, 0.25) is 0 Å². The molecule has 39 heavy (non-hydrogen) atoms. The molecule has 0 radical (unpaired) electrons. The van der Waals surface area contributed by atoms with E-state index in [0.717, 1.165) is 67.1 Å². The predicted octanol–water partition coefficient (Wildman–Crippen LogP) is 5.78. The summed E-state index contributed by atoms with van der Waals surface area (Å²) in [6.07, 6.45) is 4.86. The normalized spacial score (nSPS) is 13.3. The summed E-state index contributed by atoms with van der Waals surface area (Å²) in [5.74, 6) is -3.73. The van der Waals surface area contributed by atoms with E-state index < -0.39 is 34.8 Å². The smallest absolute Gasteiger partial charge is 0.371 e. The van der Waals surface area contributed by atoms with Gasteiger partial charge in [0, 0.05) is 41.4 Å². The lowest BCUT2D eigenvalue weighted by atomic mass is 10.0. The van der Waals surface area contributed by atoms with Crippen LogP contribution in [0.3, 0.4) is 0 Å². The SMILES string of the molecule is CO/C(=C/c1c(F)cc(C(=O)Nc2nc(-c3cccc(CCCOCC4CC4)c3OC)cs2)cc1F)C(=O)O. The molecule has 11 heteroatoms. The Kier molecular flexibility index (Phi) is 9.26. The van der Waals surface area contributed by atoms with Crippen LogP contribution in [-0.4, -0.2) is 49.4 Å². The number of benzene rings is 2. The van der Waals surface area contributed by atoms with E-state index in [-0.39, 0.29) is 10.7 Å². The number of carboxylic acids is 1. The number of hydrogen-bond donors (Lipinski definition) is 2. The van der Waals surface area contributed by atoms with Crippen molar-refractivity contribution in [1.29, 1.82) is 0 Å². The molecule has 1 aromatic heterocycles. The van der Waals surface area contributed by atoms with Crippen molar-refractivity contribution in [2.75, 3.05) is 32.8 Å². The number of aromatic nitrogens is 1. The van der Waals surface area contributed by atoms with Gasteiger partial charge in [-0.05, 0) is 55.4 Å². The molecule has 206 valence electrons. The first-order chi connectivity index (χ1) is 18.8. The molecule has 1 saturated carbocycles. The first-order valence-corrected chi connectivity index (χ1v) is 13.2. The molecule has 1 fully saturated rings. The molecule has 3 aromatic rings. The lowest BCUT2D eigenvalue weighted by molar-refractivity contribution is -0.135. The van der Waals surface area contributed by atoms with E-state index in [1.807, 2.05) is 18.2 Å². The van der Waals surface area contributed by atoms with Crippen molar-refractivity contribution >= 4 is 34.4 Å². The maximum absolute atomic E-state index is 14.5. The van der Waals surface area contributed by atoms with Crippen molar-refractivity contribution in [3.63, 3.8) is 0 Å². The van der Waals surface area contributed by atoms with Gasteiger partial charge < -0.3 is 19.3 Å². The number of methoxy groups -OCH3 is 2. The monoisotopic (exact) mass is 558 g/mol. The number of carbonyl (C=O) groups is 2. The fourth-order valence-electron chi connectivity index (χ4n) is 3.94. The second kappa shape index (κ2) is 12.8. The molecule has 8 nitrogen and oxygen atoms in total. The van der Waals surface area contributed by atoms with Gasteiger partial charge in [0.25, 0.3) is 5.91 Å². The predicted molar refractivity (Wildman–Crippen MR) is 143 cm³/mol. The summed E-state index contributed by atoms with van der Waals surface area (Å²) >= 11 is 1.15. The van der Waals surface area contributed by atoms with Gasteiger partial charge in [-0.15, -0.1) is 11.3 Å². The van der Waals surface area contributed by atoms with Gasteiger partial charge in [-0.2, -0.15) is 0 Å². The minimum absolute atomic E-state index is 0.230. The zero-order chi connectivity index (χ0) is 27.9. The number of halogens is 2. The summed E-state index contributed by atoms with van der Waals surface area (Å²) in [7, 11) is 2.66. The molecule has 1 amide bonds. The second-order valence-electron chi connectivity index (χ2n) is 8.98. The van der Waals surface area contributed by atoms with E-state index in [4.69, 9.17) is 14.6 Å². The first kappa shape index (κ1) is 28.2. The maximum atomic E-state index is 14.5. The van der Waals surface area contributed by atoms with Crippen molar-refractivity contribution in [3.8, 4) is 17.0 Å². The summed E-state index contributed by atoms with van der Waals surface area (Å²) in [6.45, 7) is 1.51. The Morgan fingerprint density at radius 1 is 1.21 bits per heavy atom. The quantitative estimate of drug-likeness (QED) is 0.156. The van der Waals surface area contributed by atoms with Crippen LogP contribution < -0.4 is 10.1 Å². The molecule has 0 atom stereocenters. The number of aryl methyl sites for hydroxylation is 1. The number of rotatable bonds is 13. The molecule has 2 N–H and O–H groups in total. The van der Waals surface area contributed by atoms with Crippen LogP contribution >= 0.6 is 11.3 Å². The van der Waals surface area contributed by atoms with Gasteiger partial charge in [-0.1, -0.05) is 12.1 Å². The van der Waals surface area contributed by atoms with Crippen molar-refractivity contribution < 1.29 is 37.7 Å². The Morgan fingerprint density at radius 3 is 2.59 bits per heavy atom. The number of amides is 1. The summed E-state index contributed by atoms with van der Waals surface area (Å²) < 4.78 is 45.1. The minimum Gasteiger partial charge on any atom is -0.496 e. The average Bonchev–Trinajstić information content (AvgIpc) is 3.63. The van der Waals surface area contributed by atoms with Crippen LogP contribution in [0.1, 0.15) is 40.7 Å². The van der Waals surface area contributed by atoms with Crippen LogP contribution in [0.4, 0.5) is 13.9 Å². The molecule has 1 heterocycles. The number of thiazole rings is 1. The average molecular weight is 559 g/mol. The molecule has 2 aromatic carbocycles. The number of nitrogens with one attached hydrogen (secondary N) is 1. The van der Waals surface area contributed by atoms with Gasteiger partial charge in [-0.3, -0.25) is 10.1 Å². The highest BCUT2D eigenvalue weighted by molar-refractivity contribution is 7.14. The highest BCUT2D eigenvalue weighted by Gasteiger charge is 2.21. The number of nitrogens with zero attached hydrogens (tertiary/aromatic N) is 1. The highest BCUT2D eigenvalue weighted by atomic mass is 32.1.